The molecule has 0 aromatic heterocycles. The third kappa shape index (κ3) is 4.29. The molecule has 3 rings (SSSR count). The van der Waals surface area contributed by atoms with E-state index in [1.807, 2.05) is 34.9 Å². The minimum absolute atomic E-state index is 0.0199. The van der Waals surface area contributed by atoms with Crippen molar-refractivity contribution in [2.75, 3.05) is 33.3 Å². The smallest absolute Gasteiger partial charge is 0.317 e. The highest BCUT2D eigenvalue weighted by Crippen LogP contribution is 2.20. The van der Waals surface area contributed by atoms with Gasteiger partial charge in [-0.15, -0.1) is 0 Å². The summed E-state index contributed by atoms with van der Waals surface area (Å²) in [5, 5.41) is 3.14. The van der Waals surface area contributed by atoms with E-state index in [1.54, 1.807) is 7.11 Å². The van der Waals surface area contributed by atoms with E-state index in [2.05, 4.69) is 5.32 Å². The van der Waals surface area contributed by atoms with E-state index in [-0.39, 0.29) is 11.9 Å². The van der Waals surface area contributed by atoms with E-state index >= 15 is 0 Å². The molecule has 2 aliphatic rings. The van der Waals surface area contributed by atoms with Crippen LogP contribution in [0.2, 0.25) is 0 Å². The van der Waals surface area contributed by atoms with Crippen LogP contribution in [0.25, 0.3) is 0 Å². The predicted octanol–water partition coefficient (Wildman–Crippen LogP) is 2.80. The Kier molecular flexibility index (Phi) is 6.01. The van der Waals surface area contributed by atoms with Crippen molar-refractivity contribution in [3.8, 4) is 5.75 Å². The van der Waals surface area contributed by atoms with Crippen LogP contribution in [-0.4, -0.2) is 61.1 Å². The van der Waals surface area contributed by atoms with Crippen LogP contribution in [0.4, 0.5) is 4.79 Å². The Balaban J connectivity index is 1.58. The number of hydrogen-bond donors (Lipinski definition) is 1. The van der Waals surface area contributed by atoms with Crippen LogP contribution in [0.3, 0.4) is 0 Å². The van der Waals surface area contributed by atoms with Gasteiger partial charge < -0.3 is 19.9 Å². The van der Waals surface area contributed by atoms with Crippen molar-refractivity contribution in [1.82, 2.24) is 15.1 Å². The molecule has 0 bridgehead atoms. The number of aryl methyl sites for hydroxylation is 1. The maximum Gasteiger partial charge on any atom is 0.317 e. The average Bonchev–Trinajstić information content (AvgIpc) is 3.02. The number of carbonyl (C=O) groups excluding carboxylic acids is 2. The Morgan fingerprint density at radius 2 is 1.73 bits per heavy atom. The van der Waals surface area contributed by atoms with Gasteiger partial charge in [-0.1, -0.05) is 12.8 Å². The number of rotatable bonds is 3. The molecule has 6 heteroatoms. The Hall–Kier alpha value is -2.24. The molecule has 0 atom stereocenters. The minimum atomic E-state index is 0.0199. The lowest BCUT2D eigenvalue weighted by Gasteiger charge is -2.24. The van der Waals surface area contributed by atoms with Crippen LogP contribution in [0.15, 0.2) is 18.2 Å². The number of urea groups is 1. The molecule has 0 spiro atoms. The van der Waals surface area contributed by atoms with Crippen LogP contribution in [0.1, 0.15) is 48.0 Å². The van der Waals surface area contributed by atoms with E-state index in [1.165, 1.54) is 12.8 Å². The monoisotopic (exact) mass is 359 g/mol. The maximum atomic E-state index is 12.8. The molecule has 1 aromatic carbocycles. The lowest BCUT2D eigenvalue weighted by Crippen LogP contribution is -2.45. The van der Waals surface area contributed by atoms with Gasteiger partial charge >= 0.3 is 6.03 Å². The zero-order valence-electron chi connectivity index (χ0n) is 15.8. The van der Waals surface area contributed by atoms with Crippen molar-refractivity contribution in [1.29, 1.82) is 0 Å². The van der Waals surface area contributed by atoms with Gasteiger partial charge in [-0.3, -0.25) is 4.79 Å². The zero-order chi connectivity index (χ0) is 18.5. The summed E-state index contributed by atoms with van der Waals surface area (Å²) in [6, 6.07) is 5.86. The normalized spacial score (nSPS) is 18.5. The lowest BCUT2D eigenvalue weighted by molar-refractivity contribution is 0.0762. The topological polar surface area (TPSA) is 61.9 Å². The number of nitrogens with one attached hydrogen (secondary N) is 1. The zero-order valence-corrected chi connectivity index (χ0v) is 15.8. The van der Waals surface area contributed by atoms with Crippen LogP contribution < -0.4 is 10.1 Å². The van der Waals surface area contributed by atoms with E-state index in [4.69, 9.17) is 4.74 Å². The quantitative estimate of drug-likeness (QED) is 0.903. The van der Waals surface area contributed by atoms with E-state index in [0.29, 0.717) is 37.8 Å². The Morgan fingerprint density at radius 1 is 1.04 bits per heavy atom. The third-order valence-electron chi connectivity index (χ3n) is 5.39. The average molecular weight is 359 g/mol. The largest absolute Gasteiger partial charge is 0.496 e. The summed E-state index contributed by atoms with van der Waals surface area (Å²) in [5.41, 5.74) is 1.62. The first-order valence-electron chi connectivity index (χ1n) is 9.58. The summed E-state index contributed by atoms with van der Waals surface area (Å²) in [7, 11) is 1.63. The Bertz CT molecular complexity index is 656. The molecule has 1 aromatic rings. The molecule has 1 heterocycles. The van der Waals surface area contributed by atoms with Crippen molar-refractivity contribution in [3.63, 3.8) is 0 Å². The number of hydrogen-bond acceptors (Lipinski definition) is 3. The summed E-state index contributed by atoms with van der Waals surface area (Å²) >= 11 is 0. The molecule has 3 amide bonds. The van der Waals surface area contributed by atoms with Gasteiger partial charge in [0.15, 0.2) is 0 Å². The third-order valence-corrected chi connectivity index (χ3v) is 5.39. The van der Waals surface area contributed by atoms with Gasteiger partial charge in [0.25, 0.3) is 5.91 Å². The first-order chi connectivity index (χ1) is 12.6. The second-order valence-electron chi connectivity index (χ2n) is 7.25. The summed E-state index contributed by atoms with van der Waals surface area (Å²) in [6.07, 6.45) is 5.38. The molecule has 1 saturated carbocycles. The highest BCUT2D eigenvalue weighted by molar-refractivity contribution is 5.94. The van der Waals surface area contributed by atoms with E-state index in [0.717, 1.165) is 30.6 Å². The lowest BCUT2D eigenvalue weighted by atomic mass is 10.1. The fraction of sp³-hybridized carbons (Fsp3) is 0.600. The Labute approximate surface area is 155 Å². The van der Waals surface area contributed by atoms with Crippen molar-refractivity contribution < 1.29 is 14.3 Å². The molecule has 2 fully saturated rings. The number of benzene rings is 1. The number of nitrogens with zero attached hydrogens (tertiary/aromatic N) is 2. The number of amides is 3. The van der Waals surface area contributed by atoms with Gasteiger partial charge in [0, 0.05) is 37.8 Å². The van der Waals surface area contributed by atoms with Gasteiger partial charge in [0.05, 0.1) is 7.11 Å². The summed E-state index contributed by atoms with van der Waals surface area (Å²) in [5.74, 6) is 0.806. The molecule has 1 aliphatic carbocycles. The molecular weight excluding hydrogens is 330 g/mol. The fourth-order valence-corrected chi connectivity index (χ4v) is 3.85. The number of methoxy groups -OCH3 is 1. The molecule has 26 heavy (non-hydrogen) atoms. The van der Waals surface area contributed by atoms with Gasteiger partial charge in [-0.2, -0.15) is 0 Å². The molecule has 142 valence electrons. The minimum Gasteiger partial charge on any atom is -0.496 e. The van der Waals surface area contributed by atoms with Crippen LogP contribution >= 0.6 is 0 Å². The molecule has 1 saturated heterocycles. The molecule has 6 nitrogen and oxygen atoms in total. The maximum absolute atomic E-state index is 12.8. The number of ether oxygens (including phenoxy) is 1. The molecule has 1 N–H and O–H groups in total. The molecule has 0 unspecified atom stereocenters. The van der Waals surface area contributed by atoms with Crippen LogP contribution in [-0.2, 0) is 0 Å². The highest BCUT2D eigenvalue weighted by Gasteiger charge is 2.25. The highest BCUT2D eigenvalue weighted by atomic mass is 16.5. The summed E-state index contributed by atoms with van der Waals surface area (Å²) in [6.45, 7) is 4.47. The van der Waals surface area contributed by atoms with E-state index in [9.17, 15) is 9.59 Å². The molecule has 0 radical (unpaired) electrons. The summed E-state index contributed by atoms with van der Waals surface area (Å²) < 4.78 is 5.26. The molecular formula is C20H29N3O3. The van der Waals surface area contributed by atoms with Gasteiger partial charge in [0.2, 0.25) is 0 Å². The Morgan fingerprint density at radius 3 is 2.42 bits per heavy atom. The van der Waals surface area contributed by atoms with Gasteiger partial charge in [-0.25, -0.2) is 4.79 Å². The first-order valence-corrected chi connectivity index (χ1v) is 9.58. The van der Waals surface area contributed by atoms with Gasteiger partial charge in [0.1, 0.15) is 5.75 Å². The number of carbonyl (C=O) groups is 2. The fourth-order valence-electron chi connectivity index (χ4n) is 3.85. The van der Waals surface area contributed by atoms with Crippen molar-refractivity contribution >= 4 is 11.9 Å². The second kappa shape index (κ2) is 8.43. The van der Waals surface area contributed by atoms with Gasteiger partial charge in [-0.05, 0) is 49.9 Å². The van der Waals surface area contributed by atoms with Crippen molar-refractivity contribution in [2.24, 2.45) is 0 Å². The molecule has 1 aliphatic heterocycles. The standard InChI is InChI=1S/C20H29N3O3/c1-15-14-16(8-9-18(15)26-2)19(24)22-10-5-11-23(13-12-22)20(25)21-17-6-3-4-7-17/h8-9,14,17H,3-7,10-13H2,1-2H3,(H,21,25). The van der Waals surface area contributed by atoms with Crippen molar-refractivity contribution in [3.05, 3.63) is 29.3 Å². The second-order valence-corrected chi connectivity index (χ2v) is 7.25. The van der Waals surface area contributed by atoms with Crippen LogP contribution in [0.5, 0.6) is 5.75 Å². The summed E-state index contributed by atoms with van der Waals surface area (Å²) in [4.78, 5) is 29.0. The van der Waals surface area contributed by atoms with Crippen LogP contribution in [0, 0.1) is 6.92 Å². The SMILES string of the molecule is COc1ccc(C(=O)N2CCCN(C(=O)NC3CCCC3)CC2)cc1C. The predicted molar refractivity (Wildman–Crippen MR) is 101 cm³/mol. The van der Waals surface area contributed by atoms with Crippen molar-refractivity contribution in [2.45, 2.75) is 45.1 Å². The van der Waals surface area contributed by atoms with E-state index < -0.39 is 0 Å². The first kappa shape index (κ1) is 18.5.